The Bertz CT molecular complexity index is 744. The van der Waals surface area contributed by atoms with Crippen LogP contribution in [0.25, 0.3) is 0 Å². The normalized spacial score (nSPS) is 18.8. The Hall–Kier alpha value is -2.27. The minimum atomic E-state index is -0.279. The molecule has 0 N–H and O–H groups in total. The third-order valence-corrected chi connectivity index (χ3v) is 4.82. The van der Waals surface area contributed by atoms with Gasteiger partial charge in [-0.2, -0.15) is 0 Å². The van der Waals surface area contributed by atoms with Crippen molar-refractivity contribution in [3.63, 3.8) is 0 Å². The maximum absolute atomic E-state index is 13.1. The quantitative estimate of drug-likeness (QED) is 0.754. The molecule has 0 aliphatic heterocycles. The maximum atomic E-state index is 13.1. The Balaban J connectivity index is 1.68. The van der Waals surface area contributed by atoms with Gasteiger partial charge in [0.05, 0.1) is 0 Å². The van der Waals surface area contributed by atoms with Crippen molar-refractivity contribution in [2.45, 2.75) is 18.9 Å². The van der Waals surface area contributed by atoms with Crippen LogP contribution in [0.1, 0.15) is 23.5 Å². The first-order valence-electron chi connectivity index (χ1n) is 8.87. The highest BCUT2D eigenvalue weighted by atomic mass is 19.1. The number of hydrogen-bond donors (Lipinski definition) is 0. The Kier molecular flexibility index (Phi) is 5.67. The summed E-state index contributed by atoms with van der Waals surface area (Å²) in [7, 11) is 3.94. The molecule has 1 amide bonds. The zero-order valence-corrected chi connectivity index (χ0v) is 15.2. The topological polar surface area (TPSA) is 23.6 Å². The third kappa shape index (κ3) is 4.67. The largest absolute Gasteiger partial charge is 0.337 e. The molecule has 0 bridgehead atoms. The molecule has 1 fully saturated rings. The van der Waals surface area contributed by atoms with Crippen LogP contribution in [0.2, 0.25) is 0 Å². The second-order valence-electron chi connectivity index (χ2n) is 7.19. The molecule has 26 heavy (non-hydrogen) atoms. The highest BCUT2D eigenvalue weighted by molar-refractivity contribution is 5.83. The summed E-state index contributed by atoms with van der Waals surface area (Å²) in [6.45, 7) is 1.86. The van der Waals surface area contributed by atoms with Crippen molar-refractivity contribution >= 4 is 5.91 Å². The predicted molar refractivity (Wildman–Crippen MR) is 97.6 cm³/mol. The second-order valence-corrected chi connectivity index (χ2v) is 7.19. The van der Waals surface area contributed by atoms with Crippen LogP contribution >= 0.6 is 0 Å². The van der Waals surface area contributed by atoms with Crippen LogP contribution in [0.3, 0.4) is 0 Å². The molecule has 2 aromatic carbocycles. The number of benzene rings is 2. The molecule has 0 radical (unpaired) electrons. The summed E-state index contributed by atoms with van der Waals surface area (Å²) in [4.78, 5) is 16.9. The van der Waals surface area contributed by atoms with Crippen molar-refractivity contribution in [3.8, 4) is 0 Å². The number of rotatable bonds is 7. The van der Waals surface area contributed by atoms with Gasteiger partial charge in [-0.3, -0.25) is 4.79 Å². The van der Waals surface area contributed by atoms with Crippen molar-refractivity contribution in [1.29, 1.82) is 0 Å². The zero-order chi connectivity index (χ0) is 18.7. The number of hydrogen-bond acceptors (Lipinski definition) is 2. The van der Waals surface area contributed by atoms with Crippen molar-refractivity contribution in [2.75, 3.05) is 27.2 Å². The minimum Gasteiger partial charge on any atom is -0.337 e. The second kappa shape index (κ2) is 7.96. The van der Waals surface area contributed by atoms with Crippen LogP contribution in [-0.2, 0) is 11.3 Å². The van der Waals surface area contributed by atoms with Crippen LogP contribution in [0.4, 0.5) is 8.78 Å². The molecular formula is C21H24F2N2O. The number of halogens is 2. The Labute approximate surface area is 153 Å². The van der Waals surface area contributed by atoms with Crippen LogP contribution in [-0.4, -0.2) is 42.9 Å². The minimum absolute atomic E-state index is 0.0527. The number of carbonyl (C=O) groups excluding carboxylic acids is 1. The first-order chi connectivity index (χ1) is 12.4. The Morgan fingerprint density at radius 1 is 0.962 bits per heavy atom. The van der Waals surface area contributed by atoms with E-state index in [0.717, 1.165) is 24.1 Å². The van der Waals surface area contributed by atoms with Gasteiger partial charge in [0, 0.05) is 25.6 Å². The Morgan fingerprint density at radius 3 is 2.12 bits per heavy atom. The van der Waals surface area contributed by atoms with Gasteiger partial charge < -0.3 is 9.80 Å². The lowest BCUT2D eigenvalue weighted by molar-refractivity contribution is -0.133. The molecule has 1 aliphatic rings. The number of amides is 1. The SMILES string of the molecule is CN(C)CCN(Cc1ccc(F)cc1)C(=O)C1CC1c1ccc(F)cc1. The van der Waals surface area contributed by atoms with E-state index >= 15 is 0 Å². The van der Waals surface area contributed by atoms with Gasteiger partial charge in [-0.05, 0) is 61.8 Å². The summed E-state index contributed by atoms with van der Waals surface area (Å²) in [6, 6.07) is 12.7. The standard InChI is InChI=1S/C21H24F2N2O/c1-24(2)11-12-25(14-15-3-7-17(22)8-4-15)21(26)20-13-19(20)16-5-9-18(23)10-6-16/h3-10,19-20H,11-14H2,1-2H3. The summed E-state index contributed by atoms with van der Waals surface area (Å²) in [6.07, 6.45) is 0.798. The van der Waals surface area contributed by atoms with Gasteiger partial charge in [-0.1, -0.05) is 24.3 Å². The summed E-state index contributed by atoms with van der Waals surface area (Å²) in [5.74, 6) is -0.313. The summed E-state index contributed by atoms with van der Waals surface area (Å²) >= 11 is 0. The number of carbonyl (C=O) groups is 1. The van der Waals surface area contributed by atoms with Crippen molar-refractivity contribution in [3.05, 3.63) is 71.3 Å². The average molecular weight is 358 g/mol. The number of likely N-dealkylation sites (N-methyl/N-ethyl adjacent to an activating group) is 1. The van der Waals surface area contributed by atoms with E-state index in [-0.39, 0.29) is 29.4 Å². The summed E-state index contributed by atoms with van der Waals surface area (Å²) in [5.41, 5.74) is 1.93. The highest BCUT2D eigenvalue weighted by Gasteiger charge is 2.45. The molecule has 1 aliphatic carbocycles. The van der Waals surface area contributed by atoms with Crippen LogP contribution in [0.5, 0.6) is 0 Å². The fourth-order valence-electron chi connectivity index (χ4n) is 3.18. The predicted octanol–water partition coefficient (Wildman–Crippen LogP) is 3.66. The van der Waals surface area contributed by atoms with Crippen molar-refractivity contribution < 1.29 is 13.6 Å². The molecule has 2 aromatic rings. The van der Waals surface area contributed by atoms with Gasteiger partial charge >= 0.3 is 0 Å². The van der Waals surface area contributed by atoms with E-state index in [9.17, 15) is 13.6 Å². The fourth-order valence-corrected chi connectivity index (χ4v) is 3.18. The van der Waals surface area contributed by atoms with Crippen LogP contribution < -0.4 is 0 Å². The van der Waals surface area contributed by atoms with E-state index in [1.54, 1.807) is 24.3 Å². The maximum Gasteiger partial charge on any atom is 0.226 e. The molecule has 0 saturated heterocycles. The molecular weight excluding hydrogens is 334 g/mol. The zero-order valence-electron chi connectivity index (χ0n) is 15.2. The third-order valence-electron chi connectivity index (χ3n) is 4.82. The summed E-state index contributed by atoms with van der Waals surface area (Å²) < 4.78 is 26.2. The lowest BCUT2D eigenvalue weighted by Gasteiger charge is -2.25. The first-order valence-corrected chi connectivity index (χ1v) is 8.87. The molecule has 5 heteroatoms. The van der Waals surface area contributed by atoms with E-state index < -0.39 is 0 Å². The molecule has 2 atom stereocenters. The van der Waals surface area contributed by atoms with Gasteiger partial charge in [0.15, 0.2) is 0 Å². The van der Waals surface area contributed by atoms with Gasteiger partial charge in [0.25, 0.3) is 0 Å². The lowest BCUT2D eigenvalue weighted by atomic mass is 10.1. The fraction of sp³-hybridized carbons (Fsp3) is 0.381. The molecule has 1 saturated carbocycles. The van der Waals surface area contributed by atoms with Gasteiger partial charge in [0.1, 0.15) is 11.6 Å². The number of nitrogens with zero attached hydrogens (tertiary/aromatic N) is 2. The molecule has 3 rings (SSSR count). The molecule has 0 spiro atoms. The Morgan fingerprint density at radius 2 is 1.54 bits per heavy atom. The lowest BCUT2D eigenvalue weighted by Crippen LogP contribution is -2.37. The van der Waals surface area contributed by atoms with E-state index in [2.05, 4.69) is 0 Å². The van der Waals surface area contributed by atoms with Crippen LogP contribution in [0, 0.1) is 17.6 Å². The highest BCUT2D eigenvalue weighted by Crippen LogP contribution is 2.48. The van der Waals surface area contributed by atoms with Gasteiger partial charge in [0.2, 0.25) is 5.91 Å². The monoisotopic (exact) mass is 358 g/mol. The summed E-state index contributed by atoms with van der Waals surface area (Å²) in [5, 5.41) is 0. The molecule has 0 heterocycles. The molecule has 138 valence electrons. The van der Waals surface area contributed by atoms with Gasteiger partial charge in [-0.25, -0.2) is 8.78 Å². The smallest absolute Gasteiger partial charge is 0.226 e. The average Bonchev–Trinajstić information content (AvgIpc) is 3.41. The van der Waals surface area contributed by atoms with Crippen LogP contribution in [0.15, 0.2) is 48.5 Å². The van der Waals surface area contributed by atoms with Gasteiger partial charge in [-0.15, -0.1) is 0 Å². The van der Waals surface area contributed by atoms with E-state index in [0.29, 0.717) is 13.1 Å². The van der Waals surface area contributed by atoms with E-state index in [1.165, 1.54) is 24.3 Å². The molecule has 0 aromatic heterocycles. The first kappa shape index (κ1) is 18.5. The molecule has 2 unspecified atom stereocenters. The molecule has 3 nitrogen and oxygen atoms in total. The van der Waals surface area contributed by atoms with Crippen molar-refractivity contribution in [2.24, 2.45) is 5.92 Å². The van der Waals surface area contributed by atoms with E-state index in [1.807, 2.05) is 23.9 Å². The van der Waals surface area contributed by atoms with E-state index in [4.69, 9.17) is 0 Å². The van der Waals surface area contributed by atoms with Crippen molar-refractivity contribution in [1.82, 2.24) is 9.80 Å².